The lowest BCUT2D eigenvalue weighted by molar-refractivity contribution is -0.117. The lowest BCUT2D eigenvalue weighted by Crippen LogP contribution is -2.18. The predicted octanol–water partition coefficient (Wildman–Crippen LogP) is 1.33. The van der Waals surface area contributed by atoms with Gasteiger partial charge in [-0.15, -0.1) is 0 Å². The maximum absolute atomic E-state index is 11.7. The Bertz CT molecular complexity index is 355. The summed E-state index contributed by atoms with van der Waals surface area (Å²) in [6.07, 6.45) is 3.43. The van der Waals surface area contributed by atoms with E-state index >= 15 is 0 Å². The Kier molecular flexibility index (Phi) is 3.51. The van der Waals surface area contributed by atoms with E-state index in [4.69, 9.17) is 0 Å². The molecule has 0 saturated carbocycles. The molecule has 1 aromatic heterocycles. The maximum atomic E-state index is 11.7. The van der Waals surface area contributed by atoms with Gasteiger partial charge in [-0.2, -0.15) is 0 Å². The first-order valence-corrected chi connectivity index (χ1v) is 5.67. The molecule has 1 saturated heterocycles. The summed E-state index contributed by atoms with van der Waals surface area (Å²) in [6, 6.07) is 3.78. The van der Waals surface area contributed by atoms with Gasteiger partial charge in [0.15, 0.2) is 0 Å². The van der Waals surface area contributed by atoms with E-state index in [2.05, 4.69) is 15.6 Å². The van der Waals surface area contributed by atoms with Crippen molar-refractivity contribution in [2.45, 2.75) is 19.8 Å². The minimum atomic E-state index is 0.0602. The topological polar surface area (TPSA) is 54.0 Å². The maximum Gasteiger partial charge on any atom is 0.225 e. The summed E-state index contributed by atoms with van der Waals surface area (Å²) >= 11 is 0. The molecule has 0 bridgehead atoms. The molecule has 1 aliphatic heterocycles. The number of hydrogen-bond acceptors (Lipinski definition) is 3. The van der Waals surface area contributed by atoms with Crippen molar-refractivity contribution in [3.05, 3.63) is 23.9 Å². The summed E-state index contributed by atoms with van der Waals surface area (Å²) in [4.78, 5) is 15.8. The number of rotatable bonds is 3. The Labute approximate surface area is 95.5 Å². The largest absolute Gasteiger partial charge is 0.316 e. The smallest absolute Gasteiger partial charge is 0.225 e. The summed E-state index contributed by atoms with van der Waals surface area (Å²) in [7, 11) is 0. The number of hydrogen-bond donors (Lipinski definition) is 2. The first kappa shape index (κ1) is 11.1. The Morgan fingerprint density at radius 2 is 2.50 bits per heavy atom. The molecule has 0 radical (unpaired) electrons. The minimum absolute atomic E-state index is 0.0602. The highest BCUT2D eigenvalue weighted by Crippen LogP contribution is 2.13. The number of carbonyl (C=O) groups excluding carboxylic acids is 1. The van der Waals surface area contributed by atoms with Gasteiger partial charge in [0.25, 0.3) is 0 Å². The SMILES string of the molecule is Cc1ccc(NC(=O)CC2CCNC2)nc1. The highest BCUT2D eigenvalue weighted by Gasteiger charge is 2.17. The number of carbonyl (C=O) groups is 1. The molecule has 1 aromatic rings. The highest BCUT2D eigenvalue weighted by molar-refractivity contribution is 5.89. The summed E-state index contributed by atoms with van der Waals surface area (Å²) in [5, 5.41) is 6.07. The zero-order valence-corrected chi connectivity index (χ0v) is 9.49. The van der Waals surface area contributed by atoms with Crippen LogP contribution in [0.2, 0.25) is 0 Å². The summed E-state index contributed by atoms with van der Waals surface area (Å²) in [6.45, 7) is 3.96. The number of amides is 1. The molecule has 1 atom stereocenters. The van der Waals surface area contributed by atoms with Gasteiger partial charge in [0, 0.05) is 12.6 Å². The molecule has 2 heterocycles. The van der Waals surface area contributed by atoms with Gasteiger partial charge >= 0.3 is 0 Å². The Balaban J connectivity index is 1.84. The van der Waals surface area contributed by atoms with Crippen LogP contribution in [0.5, 0.6) is 0 Å². The van der Waals surface area contributed by atoms with Crippen molar-refractivity contribution in [2.75, 3.05) is 18.4 Å². The van der Waals surface area contributed by atoms with E-state index in [0.717, 1.165) is 25.1 Å². The third-order valence-corrected chi connectivity index (χ3v) is 2.82. The van der Waals surface area contributed by atoms with Gasteiger partial charge in [0.1, 0.15) is 5.82 Å². The predicted molar refractivity (Wildman–Crippen MR) is 63.2 cm³/mol. The van der Waals surface area contributed by atoms with Crippen molar-refractivity contribution in [1.82, 2.24) is 10.3 Å². The van der Waals surface area contributed by atoms with E-state index in [0.29, 0.717) is 18.2 Å². The normalized spacial score (nSPS) is 19.7. The highest BCUT2D eigenvalue weighted by atomic mass is 16.1. The Morgan fingerprint density at radius 3 is 3.12 bits per heavy atom. The van der Waals surface area contributed by atoms with Gasteiger partial charge < -0.3 is 10.6 Å². The van der Waals surface area contributed by atoms with E-state index in [9.17, 15) is 4.79 Å². The van der Waals surface area contributed by atoms with Crippen LogP contribution in [-0.2, 0) is 4.79 Å². The molecule has 4 nitrogen and oxygen atoms in total. The number of aromatic nitrogens is 1. The fourth-order valence-corrected chi connectivity index (χ4v) is 1.89. The first-order valence-electron chi connectivity index (χ1n) is 5.67. The fourth-order valence-electron chi connectivity index (χ4n) is 1.89. The van der Waals surface area contributed by atoms with Crippen molar-refractivity contribution >= 4 is 11.7 Å². The molecule has 86 valence electrons. The minimum Gasteiger partial charge on any atom is -0.316 e. The number of anilines is 1. The van der Waals surface area contributed by atoms with Gasteiger partial charge in [-0.1, -0.05) is 6.07 Å². The van der Waals surface area contributed by atoms with Crippen molar-refractivity contribution in [3.8, 4) is 0 Å². The molecule has 1 unspecified atom stereocenters. The molecule has 2 rings (SSSR count). The standard InChI is InChI=1S/C12H17N3O/c1-9-2-3-11(14-7-9)15-12(16)6-10-4-5-13-8-10/h2-3,7,10,13H,4-6,8H2,1H3,(H,14,15,16). The third kappa shape index (κ3) is 3.03. The van der Waals surface area contributed by atoms with E-state index in [1.54, 1.807) is 6.20 Å². The zero-order valence-electron chi connectivity index (χ0n) is 9.49. The van der Waals surface area contributed by atoms with Crippen LogP contribution in [0.25, 0.3) is 0 Å². The van der Waals surface area contributed by atoms with Gasteiger partial charge in [0.05, 0.1) is 0 Å². The van der Waals surface area contributed by atoms with Crippen LogP contribution in [0.3, 0.4) is 0 Å². The third-order valence-electron chi connectivity index (χ3n) is 2.82. The number of nitrogens with one attached hydrogen (secondary N) is 2. The number of pyridine rings is 1. The molecule has 16 heavy (non-hydrogen) atoms. The van der Waals surface area contributed by atoms with E-state index < -0.39 is 0 Å². The van der Waals surface area contributed by atoms with Crippen molar-refractivity contribution in [1.29, 1.82) is 0 Å². The van der Waals surface area contributed by atoms with Crippen LogP contribution in [0.1, 0.15) is 18.4 Å². The molecule has 1 aliphatic rings. The zero-order chi connectivity index (χ0) is 11.4. The van der Waals surface area contributed by atoms with Crippen molar-refractivity contribution in [3.63, 3.8) is 0 Å². The summed E-state index contributed by atoms with van der Waals surface area (Å²) in [5.74, 6) is 1.18. The molecule has 0 aliphatic carbocycles. The first-order chi connectivity index (χ1) is 7.74. The number of nitrogens with zero attached hydrogens (tertiary/aromatic N) is 1. The van der Waals surface area contributed by atoms with Crippen LogP contribution in [0.4, 0.5) is 5.82 Å². The lowest BCUT2D eigenvalue weighted by atomic mass is 10.0. The van der Waals surface area contributed by atoms with E-state index in [1.165, 1.54) is 0 Å². The molecule has 1 amide bonds. The molecule has 4 heteroatoms. The van der Waals surface area contributed by atoms with Crippen LogP contribution in [-0.4, -0.2) is 24.0 Å². The second-order valence-corrected chi connectivity index (χ2v) is 4.33. The van der Waals surface area contributed by atoms with Crippen LogP contribution >= 0.6 is 0 Å². The van der Waals surface area contributed by atoms with E-state index in [1.807, 2.05) is 19.1 Å². The van der Waals surface area contributed by atoms with Gasteiger partial charge in [-0.25, -0.2) is 4.98 Å². The molecule has 0 aromatic carbocycles. The fraction of sp³-hybridized carbons (Fsp3) is 0.500. The molecule has 0 spiro atoms. The monoisotopic (exact) mass is 219 g/mol. The van der Waals surface area contributed by atoms with Gasteiger partial charge in [0.2, 0.25) is 5.91 Å². The van der Waals surface area contributed by atoms with Crippen LogP contribution in [0.15, 0.2) is 18.3 Å². The Morgan fingerprint density at radius 1 is 1.62 bits per heavy atom. The summed E-state index contributed by atoms with van der Waals surface area (Å²) < 4.78 is 0. The molecular weight excluding hydrogens is 202 g/mol. The molecule has 1 fully saturated rings. The molecule has 2 N–H and O–H groups in total. The number of aryl methyl sites for hydroxylation is 1. The van der Waals surface area contributed by atoms with Crippen molar-refractivity contribution in [2.24, 2.45) is 5.92 Å². The average molecular weight is 219 g/mol. The van der Waals surface area contributed by atoms with Gasteiger partial charge in [-0.3, -0.25) is 4.79 Å². The second-order valence-electron chi connectivity index (χ2n) is 4.33. The quantitative estimate of drug-likeness (QED) is 0.806. The van der Waals surface area contributed by atoms with Crippen LogP contribution in [0, 0.1) is 12.8 Å². The van der Waals surface area contributed by atoms with Crippen molar-refractivity contribution < 1.29 is 4.79 Å². The van der Waals surface area contributed by atoms with E-state index in [-0.39, 0.29) is 5.91 Å². The molecular formula is C12H17N3O. The summed E-state index contributed by atoms with van der Waals surface area (Å²) in [5.41, 5.74) is 1.10. The average Bonchev–Trinajstić information content (AvgIpc) is 2.74. The lowest BCUT2D eigenvalue weighted by Gasteiger charge is -2.08. The second kappa shape index (κ2) is 5.07. The Hall–Kier alpha value is -1.42. The van der Waals surface area contributed by atoms with Gasteiger partial charge in [-0.05, 0) is 44.0 Å². The van der Waals surface area contributed by atoms with Crippen LogP contribution < -0.4 is 10.6 Å².